The molecule has 0 fully saturated rings. The highest BCUT2D eigenvalue weighted by molar-refractivity contribution is 5.97. The van der Waals surface area contributed by atoms with Gasteiger partial charge in [0.05, 0.1) is 0 Å². The molecule has 0 aliphatic carbocycles. The standard InChI is InChI=1S/C16H22O/c1-12(2)10-11-15(17)13-8-6-7-9-14(13)16(3,4)5/h6-9H,1,10-11H2,2-5H3. The van der Waals surface area contributed by atoms with Gasteiger partial charge in [-0.15, -0.1) is 6.58 Å². The maximum absolute atomic E-state index is 12.2. The Labute approximate surface area is 105 Å². The molecule has 0 aliphatic rings. The van der Waals surface area contributed by atoms with Crippen LogP contribution in [-0.2, 0) is 5.41 Å². The molecule has 17 heavy (non-hydrogen) atoms. The molecular formula is C16H22O. The second kappa shape index (κ2) is 5.31. The van der Waals surface area contributed by atoms with Crippen molar-refractivity contribution in [1.29, 1.82) is 0 Å². The SMILES string of the molecule is C=C(C)CCC(=O)c1ccccc1C(C)(C)C. The molecule has 0 unspecified atom stereocenters. The van der Waals surface area contributed by atoms with Gasteiger partial charge in [0.15, 0.2) is 5.78 Å². The number of carbonyl (C=O) groups is 1. The van der Waals surface area contributed by atoms with E-state index in [9.17, 15) is 4.79 Å². The molecule has 0 saturated carbocycles. The lowest BCUT2D eigenvalue weighted by molar-refractivity contribution is 0.0980. The quantitative estimate of drug-likeness (QED) is 0.549. The number of rotatable bonds is 4. The summed E-state index contributed by atoms with van der Waals surface area (Å²) in [6, 6.07) is 7.91. The molecule has 0 radical (unpaired) electrons. The molecule has 1 rings (SSSR count). The zero-order valence-electron chi connectivity index (χ0n) is 11.3. The number of hydrogen-bond donors (Lipinski definition) is 0. The van der Waals surface area contributed by atoms with Crippen LogP contribution in [0.2, 0.25) is 0 Å². The van der Waals surface area contributed by atoms with Crippen LogP contribution in [0.3, 0.4) is 0 Å². The largest absolute Gasteiger partial charge is 0.294 e. The lowest BCUT2D eigenvalue weighted by atomic mass is 9.82. The van der Waals surface area contributed by atoms with Crippen LogP contribution < -0.4 is 0 Å². The fourth-order valence-electron chi connectivity index (χ4n) is 1.84. The summed E-state index contributed by atoms with van der Waals surface area (Å²) in [5.74, 6) is 0.221. The van der Waals surface area contributed by atoms with Gasteiger partial charge in [-0.05, 0) is 24.3 Å². The van der Waals surface area contributed by atoms with Crippen LogP contribution in [-0.4, -0.2) is 5.78 Å². The predicted molar refractivity (Wildman–Crippen MR) is 73.5 cm³/mol. The van der Waals surface area contributed by atoms with Crippen molar-refractivity contribution < 1.29 is 4.79 Å². The Morgan fingerprint density at radius 1 is 1.18 bits per heavy atom. The van der Waals surface area contributed by atoms with Gasteiger partial charge in [-0.25, -0.2) is 0 Å². The molecule has 0 N–H and O–H groups in total. The first-order valence-electron chi connectivity index (χ1n) is 6.09. The molecule has 1 aromatic carbocycles. The molecule has 92 valence electrons. The maximum atomic E-state index is 12.2. The third kappa shape index (κ3) is 3.85. The number of carbonyl (C=O) groups excluding carboxylic acids is 1. The minimum Gasteiger partial charge on any atom is -0.294 e. The van der Waals surface area contributed by atoms with Crippen LogP contribution in [0.15, 0.2) is 36.4 Å². The fraction of sp³-hybridized carbons (Fsp3) is 0.438. The van der Waals surface area contributed by atoms with E-state index in [0.717, 1.165) is 23.1 Å². The fourth-order valence-corrected chi connectivity index (χ4v) is 1.84. The Kier molecular flexibility index (Phi) is 4.28. The average molecular weight is 230 g/mol. The summed E-state index contributed by atoms with van der Waals surface area (Å²) in [6.45, 7) is 12.2. The lowest BCUT2D eigenvalue weighted by Gasteiger charge is -2.22. The van der Waals surface area contributed by atoms with Gasteiger partial charge in [0.2, 0.25) is 0 Å². The van der Waals surface area contributed by atoms with Gasteiger partial charge in [0, 0.05) is 12.0 Å². The molecule has 0 amide bonds. The zero-order valence-corrected chi connectivity index (χ0v) is 11.3. The molecule has 1 nitrogen and oxygen atoms in total. The smallest absolute Gasteiger partial charge is 0.163 e. The maximum Gasteiger partial charge on any atom is 0.163 e. The van der Waals surface area contributed by atoms with Crippen molar-refractivity contribution in [3.05, 3.63) is 47.5 Å². The number of ketones is 1. The topological polar surface area (TPSA) is 17.1 Å². The van der Waals surface area contributed by atoms with Gasteiger partial charge in [-0.1, -0.05) is 50.6 Å². The molecule has 0 spiro atoms. The van der Waals surface area contributed by atoms with Gasteiger partial charge < -0.3 is 0 Å². The minimum absolute atomic E-state index is 0.00940. The van der Waals surface area contributed by atoms with Gasteiger partial charge in [-0.2, -0.15) is 0 Å². The van der Waals surface area contributed by atoms with Crippen LogP contribution in [0.1, 0.15) is 56.5 Å². The monoisotopic (exact) mass is 230 g/mol. The Hall–Kier alpha value is -1.37. The normalized spacial score (nSPS) is 11.3. The van der Waals surface area contributed by atoms with Gasteiger partial charge in [0.1, 0.15) is 0 Å². The Morgan fingerprint density at radius 2 is 1.76 bits per heavy atom. The van der Waals surface area contributed by atoms with Crippen LogP contribution in [0.5, 0.6) is 0 Å². The molecule has 0 atom stereocenters. The first-order chi connectivity index (χ1) is 7.82. The highest BCUT2D eigenvalue weighted by Crippen LogP contribution is 2.26. The third-order valence-corrected chi connectivity index (χ3v) is 2.81. The molecule has 0 saturated heterocycles. The van der Waals surface area contributed by atoms with E-state index in [-0.39, 0.29) is 11.2 Å². The highest BCUT2D eigenvalue weighted by Gasteiger charge is 2.20. The van der Waals surface area contributed by atoms with Gasteiger partial charge in [0.25, 0.3) is 0 Å². The van der Waals surface area contributed by atoms with E-state index in [0.29, 0.717) is 6.42 Å². The summed E-state index contributed by atoms with van der Waals surface area (Å²) in [6.07, 6.45) is 1.33. The molecule has 0 aromatic heterocycles. The van der Waals surface area contributed by atoms with E-state index >= 15 is 0 Å². The van der Waals surface area contributed by atoms with Crippen molar-refractivity contribution in [2.45, 2.75) is 46.0 Å². The van der Waals surface area contributed by atoms with Gasteiger partial charge in [-0.3, -0.25) is 4.79 Å². The Morgan fingerprint density at radius 3 is 2.29 bits per heavy atom. The molecule has 0 aliphatic heterocycles. The first kappa shape index (κ1) is 13.7. The van der Waals surface area contributed by atoms with Crippen molar-refractivity contribution in [3.8, 4) is 0 Å². The third-order valence-electron chi connectivity index (χ3n) is 2.81. The Bertz CT molecular complexity index is 421. The summed E-state index contributed by atoms with van der Waals surface area (Å²) in [7, 11) is 0. The van der Waals surface area contributed by atoms with E-state index in [1.165, 1.54) is 0 Å². The summed E-state index contributed by atoms with van der Waals surface area (Å²) < 4.78 is 0. The number of hydrogen-bond acceptors (Lipinski definition) is 1. The van der Waals surface area contributed by atoms with Crippen LogP contribution in [0.25, 0.3) is 0 Å². The average Bonchev–Trinajstić information content (AvgIpc) is 2.24. The summed E-state index contributed by atoms with van der Waals surface area (Å²) in [4.78, 5) is 12.2. The molecule has 1 aromatic rings. The van der Waals surface area contributed by atoms with E-state index in [1.54, 1.807) is 0 Å². The van der Waals surface area contributed by atoms with Crippen LogP contribution in [0.4, 0.5) is 0 Å². The summed E-state index contributed by atoms with van der Waals surface area (Å²) in [5.41, 5.74) is 3.06. The van der Waals surface area contributed by atoms with Crippen molar-refractivity contribution in [3.63, 3.8) is 0 Å². The summed E-state index contributed by atoms with van der Waals surface area (Å²) in [5, 5.41) is 0. The first-order valence-corrected chi connectivity index (χ1v) is 6.09. The van der Waals surface area contributed by atoms with Crippen molar-refractivity contribution in [1.82, 2.24) is 0 Å². The molecule has 0 bridgehead atoms. The van der Waals surface area contributed by atoms with E-state index < -0.39 is 0 Å². The van der Waals surface area contributed by atoms with Crippen LogP contribution >= 0.6 is 0 Å². The number of allylic oxidation sites excluding steroid dienone is 1. The van der Waals surface area contributed by atoms with Crippen LogP contribution in [0, 0.1) is 0 Å². The van der Waals surface area contributed by atoms with E-state index in [4.69, 9.17) is 0 Å². The minimum atomic E-state index is 0.00940. The van der Waals surface area contributed by atoms with Crippen molar-refractivity contribution >= 4 is 5.78 Å². The predicted octanol–water partition coefficient (Wildman–Crippen LogP) is 4.52. The van der Waals surface area contributed by atoms with Crippen molar-refractivity contribution in [2.24, 2.45) is 0 Å². The Balaban J connectivity index is 2.98. The second-order valence-corrected chi connectivity index (χ2v) is 5.68. The van der Waals surface area contributed by atoms with E-state index in [1.807, 2.05) is 31.2 Å². The number of Topliss-reactive ketones (excluding diaryl/α,β-unsaturated/α-hetero) is 1. The highest BCUT2D eigenvalue weighted by atomic mass is 16.1. The number of benzene rings is 1. The molecular weight excluding hydrogens is 208 g/mol. The van der Waals surface area contributed by atoms with Gasteiger partial charge >= 0.3 is 0 Å². The molecule has 0 heterocycles. The lowest BCUT2D eigenvalue weighted by Crippen LogP contribution is -2.16. The zero-order chi connectivity index (χ0) is 13.1. The second-order valence-electron chi connectivity index (χ2n) is 5.68. The summed E-state index contributed by atoms with van der Waals surface area (Å²) >= 11 is 0. The van der Waals surface area contributed by atoms with E-state index in [2.05, 4.69) is 27.4 Å². The molecule has 1 heteroatoms. The van der Waals surface area contributed by atoms with Crippen molar-refractivity contribution in [2.75, 3.05) is 0 Å².